The van der Waals surface area contributed by atoms with Crippen LogP contribution in [0.5, 0.6) is 0 Å². The van der Waals surface area contributed by atoms with Gasteiger partial charge in [0.05, 0.1) is 0 Å². The highest BCUT2D eigenvalue weighted by Crippen LogP contribution is 2.27. The number of aromatic nitrogens is 2. The molecular formula is C22H21N5O2. The van der Waals surface area contributed by atoms with Crippen molar-refractivity contribution in [2.45, 2.75) is 25.9 Å². The third kappa shape index (κ3) is 5.14. The molecule has 146 valence electrons. The lowest BCUT2D eigenvalue weighted by Gasteiger charge is -2.09. The van der Waals surface area contributed by atoms with Crippen LogP contribution in [0.3, 0.4) is 0 Å². The average molecular weight is 387 g/mol. The van der Waals surface area contributed by atoms with Gasteiger partial charge in [-0.1, -0.05) is 18.1 Å². The first-order chi connectivity index (χ1) is 14.2. The monoisotopic (exact) mass is 387 g/mol. The summed E-state index contributed by atoms with van der Waals surface area (Å²) in [6.45, 7) is 0.748. The zero-order valence-corrected chi connectivity index (χ0v) is 15.8. The van der Waals surface area contributed by atoms with Gasteiger partial charge in [-0.2, -0.15) is 0 Å². The van der Waals surface area contributed by atoms with Crippen LogP contribution in [0.4, 0.5) is 10.5 Å². The number of aromatic amines is 1. The summed E-state index contributed by atoms with van der Waals surface area (Å²) in [6.07, 6.45) is 5.70. The fourth-order valence-corrected chi connectivity index (χ4v) is 2.91. The summed E-state index contributed by atoms with van der Waals surface area (Å²) < 4.78 is 0. The first-order valence-electron chi connectivity index (χ1n) is 9.51. The van der Waals surface area contributed by atoms with Crippen molar-refractivity contribution in [1.29, 1.82) is 0 Å². The number of carbonyl (C=O) groups is 2. The minimum atomic E-state index is -0.312. The predicted octanol–water partition coefficient (Wildman–Crippen LogP) is 2.91. The maximum Gasteiger partial charge on any atom is 0.315 e. The molecule has 3 aromatic rings. The number of H-pyrrole nitrogens is 1. The molecule has 0 unspecified atom stereocenters. The molecule has 1 aliphatic rings. The van der Waals surface area contributed by atoms with E-state index in [2.05, 4.69) is 37.8 Å². The van der Waals surface area contributed by atoms with Gasteiger partial charge in [0.15, 0.2) is 0 Å². The molecular weight excluding hydrogens is 366 g/mol. The second-order valence-corrected chi connectivity index (χ2v) is 6.94. The molecule has 1 fully saturated rings. The highest BCUT2D eigenvalue weighted by atomic mass is 16.2. The maximum absolute atomic E-state index is 12.1. The Balaban J connectivity index is 1.27. The van der Waals surface area contributed by atoms with Crippen LogP contribution in [0.25, 0.3) is 11.0 Å². The Labute approximate surface area is 168 Å². The topological polar surface area (TPSA) is 98.9 Å². The van der Waals surface area contributed by atoms with Gasteiger partial charge in [-0.3, -0.25) is 4.79 Å². The van der Waals surface area contributed by atoms with Crippen LogP contribution in [-0.2, 0) is 17.9 Å². The molecule has 0 saturated heterocycles. The molecule has 3 amide bonds. The maximum atomic E-state index is 12.1. The van der Waals surface area contributed by atoms with Crippen molar-refractivity contribution in [3.63, 3.8) is 0 Å². The van der Waals surface area contributed by atoms with E-state index in [0.29, 0.717) is 24.7 Å². The van der Waals surface area contributed by atoms with Crippen LogP contribution in [0.1, 0.15) is 24.0 Å². The predicted molar refractivity (Wildman–Crippen MR) is 111 cm³/mol. The molecule has 1 aromatic carbocycles. The Bertz CT molecular complexity index is 1100. The molecule has 4 N–H and O–H groups in total. The van der Waals surface area contributed by atoms with Crippen molar-refractivity contribution < 1.29 is 9.59 Å². The van der Waals surface area contributed by atoms with Crippen LogP contribution in [-0.4, -0.2) is 21.9 Å². The van der Waals surface area contributed by atoms with Crippen molar-refractivity contribution in [1.82, 2.24) is 20.6 Å². The van der Waals surface area contributed by atoms with E-state index in [1.807, 2.05) is 36.5 Å². The van der Waals surface area contributed by atoms with Gasteiger partial charge in [-0.25, -0.2) is 9.78 Å². The quantitative estimate of drug-likeness (QED) is 0.507. The molecule has 7 nitrogen and oxygen atoms in total. The van der Waals surface area contributed by atoms with E-state index >= 15 is 0 Å². The van der Waals surface area contributed by atoms with E-state index in [1.165, 1.54) is 0 Å². The van der Waals surface area contributed by atoms with E-state index in [4.69, 9.17) is 0 Å². The zero-order chi connectivity index (χ0) is 20.1. The highest BCUT2D eigenvalue weighted by Gasteiger charge is 2.18. The second kappa shape index (κ2) is 8.48. The van der Waals surface area contributed by atoms with E-state index in [0.717, 1.165) is 35.0 Å². The number of amides is 3. The first kappa shape index (κ1) is 18.6. The zero-order valence-electron chi connectivity index (χ0n) is 15.8. The van der Waals surface area contributed by atoms with Gasteiger partial charge in [0.2, 0.25) is 0 Å². The SMILES string of the molecule is O=C(C#CC1CC1)Nc1cccc(CNC(=O)NCc2ccnc3[nH]ccc23)c1. The van der Waals surface area contributed by atoms with Crippen LogP contribution < -0.4 is 16.0 Å². The minimum absolute atomic E-state index is 0.268. The number of carbonyl (C=O) groups excluding carboxylic acids is 2. The lowest BCUT2D eigenvalue weighted by atomic mass is 10.2. The van der Waals surface area contributed by atoms with E-state index in [9.17, 15) is 9.59 Å². The summed E-state index contributed by atoms with van der Waals surface area (Å²) in [5.74, 6) is 5.63. The molecule has 0 aliphatic heterocycles. The van der Waals surface area contributed by atoms with Crippen LogP contribution in [0, 0.1) is 17.8 Å². The summed E-state index contributed by atoms with van der Waals surface area (Å²) in [4.78, 5) is 31.3. The summed E-state index contributed by atoms with van der Waals surface area (Å²) in [6, 6.07) is 10.9. The van der Waals surface area contributed by atoms with Gasteiger partial charge in [-0.15, -0.1) is 0 Å². The Hall–Kier alpha value is -3.79. The first-order valence-corrected chi connectivity index (χ1v) is 9.51. The van der Waals surface area contributed by atoms with Gasteiger partial charge in [0.25, 0.3) is 5.91 Å². The van der Waals surface area contributed by atoms with E-state index in [-0.39, 0.29) is 11.9 Å². The molecule has 2 aromatic heterocycles. The average Bonchev–Trinajstić information content (AvgIpc) is 3.43. The smallest absolute Gasteiger partial charge is 0.315 e. The van der Waals surface area contributed by atoms with Gasteiger partial charge in [0.1, 0.15) is 5.65 Å². The number of benzene rings is 1. The van der Waals surface area contributed by atoms with Crippen molar-refractivity contribution in [3.05, 3.63) is 59.9 Å². The lowest BCUT2D eigenvalue weighted by molar-refractivity contribution is -0.111. The number of rotatable bonds is 5. The van der Waals surface area contributed by atoms with Gasteiger partial charge >= 0.3 is 6.03 Å². The number of nitrogens with zero attached hydrogens (tertiary/aromatic N) is 1. The standard InChI is InChI=1S/C22H21N5O2/c28-20(7-6-15-4-5-15)27-18-3-1-2-16(12-18)13-25-22(29)26-14-17-8-10-23-21-19(17)9-11-24-21/h1-3,8-12,15H,4-5,13-14H2,(H,23,24)(H,27,28)(H2,25,26,29). The number of fused-ring (bicyclic) bond motifs is 1. The normalized spacial score (nSPS) is 12.7. The fourth-order valence-electron chi connectivity index (χ4n) is 2.91. The Morgan fingerprint density at radius 3 is 2.86 bits per heavy atom. The van der Waals surface area contributed by atoms with Crippen LogP contribution in [0.15, 0.2) is 48.8 Å². The van der Waals surface area contributed by atoms with Gasteiger partial charge < -0.3 is 20.9 Å². The molecule has 0 bridgehead atoms. The molecule has 0 spiro atoms. The van der Waals surface area contributed by atoms with Crippen LogP contribution in [0.2, 0.25) is 0 Å². The van der Waals surface area contributed by atoms with Crippen LogP contribution >= 0.6 is 0 Å². The number of hydrogen-bond acceptors (Lipinski definition) is 3. The third-order valence-electron chi connectivity index (χ3n) is 4.59. The van der Waals surface area contributed by atoms with Crippen molar-refractivity contribution >= 4 is 28.7 Å². The van der Waals surface area contributed by atoms with Crippen molar-refractivity contribution in [2.75, 3.05) is 5.32 Å². The van der Waals surface area contributed by atoms with Crippen molar-refractivity contribution in [3.8, 4) is 11.8 Å². The minimum Gasteiger partial charge on any atom is -0.346 e. The lowest BCUT2D eigenvalue weighted by Crippen LogP contribution is -2.34. The molecule has 1 aliphatic carbocycles. The van der Waals surface area contributed by atoms with E-state index in [1.54, 1.807) is 12.3 Å². The Morgan fingerprint density at radius 2 is 2.00 bits per heavy atom. The number of hydrogen-bond donors (Lipinski definition) is 4. The Kier molecular flexibility index (Phi) is 5.43. The largest absolute Gasteiger partial charge is 0.346 e. The number of urea groups is 1. The summed E-state index contributed by atoms with van der Waals surface area (Å²) in [5, 5.41) is 9.43. The fraction of sp³-hybridized carbons (Fsp3) is 0.227. The Morgan fingerprint density at radius 1 is 1.14 bits per heavy atom. The molecule has 7 heteroatoms. The number of nitrogens with one attached hydrogen (secondary N) is 4. The highest BCUT2D eigenvalue weighted by molar-refractivity contribution is 6.04. The molecule has 1 saturated carbocycles. The number of pyridine rings is 1. The van der Waals surface area contributed by atoms with Gasteiger partial charge in [0, 0.05) is 42.5 Å². The van der Waals surface area contributed by atoms with Crippen molar-refractivity contribution in [2.24, 2.45) is 5.92 Å². The molecule has 2 heterocycles. The summed E-state index contributed by atoms with van der Waals surface area (Å²) >= 11 is 0. The number of anilines is 1. The second-order valence-electron chi connectivity index (χ2n) is 6.94. The molecule has 0 radical (unpaired) electrons. The summed E-state index contributed by atoms with van der Waals surface area (Å²) in [7, 11) is 0. The van der Waals surface area contributed by atoms with Gasteiger partial charge in [-0.05, 0) is 54.2 Å². The third-order valence-corrected chi connectivity index (χ3v) is 4.59. The molecule has 0 atom stereocenters. The summed E-state index contributed by atoms with van der Waals surface area (Å²) in [5.41, 5.74) is 3.32. The molecule has 4 rings (SSSR count). The van der Waals surface area contributed by atoms with E-state index < -0.39 is 0 Å². The molecule has 29 heavy (non-hydrogen) atoms.